The summed E-state index contributed by atoms with van der Waals surface area (Å²) >= 11 is 3.30. The van der Waals surface area contributed by atoms with Gasteiger partial charge in [-0.2, -0.15) is 4.73 Å². The molecule has 0 saturated carbocycles. The van der Waals surface area contributed by atoms with Crippen LogP contribution in [0.1, 0.15) is 5.69 Å². The van der Waals surface area contributed by atoms with E-state index in [1.54, 1.807) is 0 Å². The van der Waals surface area contributed by atoms with Gasteiger partial charge in [0.2, 0.25) is 21.8 Å². The van der Waals surface area contributed by atoms with Crippen LogP contribution in [0.3, 0.4) is 0 Å². The Kier molecular flexibility index (Phi) is 8.65. The number of aliphatic carboxylic acids is 1. The van der Waals surface area contributed by atoms with E-state index in [2.05, 4.69) is 20.8 Å². The number of amides is 3. The van der Waals surface area contributed by atoms with Gasteiger partial charge in [-0.3, -0.25) is 24.7 Å². The number of carbonyl (C=O) groups excluding carboxylic acids is 4. The average Bonchev–Trinajstić information content (AvgIpc) is 3.35. The molecule has 0 radical (unpaired) electrons. The van der Waals surface area contributed by atoms with E-state index in [1.807, 2.05) is 0 Å². The monoisotopic (exact) mass is 549 g/mol. The molecule has 3 amide bonds. The van der Waals surface area contributed by atoms with Gasteiger partial charge in [0.25, 0.3) is 5.91 Å². The van der Waals surface area contributed by atoms with Crippen LogP contribution in [-0.4, -0.2) is 81.7 Å². The Morgan fingerprint density at radius 3 is 2.77 bits per heavy atom. The molecule has 15 nitrogen and oxygen atoms in total. The Morgan fingerprint density at radius 2 is 2.14 bits per heavy atom. The molecule has 1 fully saturated rings. The number of hydrogen-bond donors (Lipinski definition) is 4. The quantitative estimate of drug-likeness (QED) is 0.0995. The van der Waals surface area contributed by atoms with Crippen molar-refractivity contribution in [2.24, 2.45) is 5.73 Å². The molecule has 1 unspecified atom stereocenters. The Morgan fingerprint density at radius 1 is 1.40 bits per heavy atom. The molecule has 2 aliphatic rings. The van der Waals surface area contributed by atoms with Crippen LogP contribution in [-0.2, 0) is 32.1 Å². The van der Waals surface area contributed by atoms with E-state index in [0.717, 1.165) is 28.0 Å². The number of rotatable bonds is 9. The van der Waals surface area contributed by atoms with Gasteiger partial charge in [0.1, 0.15) is 18.0 Å². The van der Waals surface area contributed by atoms with E-state index in [1.165, 1.54) is 21.8 Å². The number of carboxylic acid groups (broad SMARTS) is 1. The molecule has 2 atom stereocenters. The molecule has 35 heavy (non-hydrogen) atoms. The molecule has 2 aromatic heterocycles. The van der Waals surface area contributed by atoms with Crippen molar-refractivity contribution in [3.63, 3.8) is 0 Å². The molecule has 2 aliphatic heterocycles. The largest absolute Gasteiger partial charge is 1.00 e. The average molecular weight is 550 g/mol. The number of carboxylic acids is 1. The number of primary amides is 1. The summed E-state index contributed by atoms with van der Waals surface area (Å²) in [6.45, 7) is -0.241. The van der Waals surface area contributed by atoms with Crippen LogP contribution in [0.2, 0.25) is 0 Å². The summed E-state index contributed by atoms with van der Waals surface area (Å²) in [6, 6.07) is -0.940. The van der Waals surface area contributed by atoms with Crippen LogP contribution in [0, 0.1) is 5.41 Å². The number of thioether (sulfide) groups is 2. The molecule has 4 heterocycles. The molecule has 1 saturated heterocycles. The number of nitrogens with two attached hydrogens (primary N) is 1. The minimum atomic E-state index is -1.53. The smallest absolute Gasteiger partial charge is 0.543 e. The van der Waals surface area contributed by atoms with Crippen molar-refractivity contribution in [1.29, 1.82) is 5.41 Å². The zero-order valence-electron chi connectivity index (χ0n) is 18.0. The summed E-state index contributed by atoms with van der Waals surface area (Å²) < 4.78 is 1.76. The maximum absolute atomic E-state index is 12.7. The minimum Gasteiger partial charge on any atom is -0.543 e. The fourth-order valence-corrected chi connectivity index (χ4v) is 6.35. The Bertz CT molecular complexity index is 1270. The van der Waals surface area contributed by atoms with Gasteiger partial charge in [-0.1, -0.05) is 11.8 Å². The zero-order valence-corrected chi connectivity index (χ0v) is 22.5. The van der Waals surface area contributed by atoms with Gasteiger partial charge in [0.05, 0.1) is 23.8 Å². The van der Waals surface area contributed by atoms with Crippen molar-refractivity contribution in [3.8, 4) is 0 Å². The van der Waals surface area contributed by atoms with Gasteiger partial charge in [-0.05, 0) is 16.0 Å². The molecule has 4 rings (SSSR count). The number of aromatic nitrogens is 5. The number of fused-ring (bicyclic) bond motifs is 1. The molecule has 19 heteroatoms. The van der Waals surface area contributed by atoms with E-state index < -0.39 is 35.1 Å². The van der Waals surface area contributed by atoms with E-state index >= 15 is 0 Å². The standard InChI is InChI=1S/C16H17N9O6S3.Na/c17-8(26)2-23-16(20-21-22-23)34-4-6-3-32-13-10(12(28)24(13)11(6)14(29)30)19-9(27)1-7-5-33-15(18)25(7)31;/h5,10,13,18,31H,1-4H2,(H2,17,26)(H,19,27)(H,29,30);/q;+1/p-1/t10?,13-;/m0./s1. The first-order chi connectivity index (χ1) is 16.2. The summed E-state index contributed by atoms with van der Waals surface area (Å²) in [6.07, 6.45) is -0.252. The molecule has 0 spiro atoms. The van der Waals surface area contributed by atoms with E-state index in [0.29, 0.717) is 10.3 Å². The summed E-state index contributed by atoms with van der Waals surface area (Å²) in [4.78, 5) is 49.0. The normalized spacial score (nSPS) is 19.0. The van der Waals surface area contributed by atoms with Gasteiger partial charge >= 0.3 is 29.6 Å². The van der Waals surface area contributed by atoms with Gasteiger partial charge in [0, 0.05) is 16.9 Å². The molecular formula is C16H16N9NaO6S3. The maximum Gasteiger partial charge on any atom is 1.00 e. The number of β-lactam (4-membered cyclic amide) rings is 1. The molecular weight excluding hydrogens is 533 g/mol. The fraction of sp³-hybridized carbons (Fsp3) is 0.375. The van der Waals surface area contributed by atoms with Gasteiger partial charge < -0.3 is 26.2 Å². The Balaban J connectivity index is 0.00000342. The number of carbonyl (C=O) groups is 4. The SMILES string of the molecule is N=c1scc(CC(=O)NC2C(=O)N3C(C(=O)[O-])=C(CSc4nnnn4CC(N)=O)CS[C@@H]23)n1O.[Na+]. The maximum atomic E-state index is 12.7. The molecule has 180 valence electrons. The number of tetrazole rings is 1. The van der Waals surface area contributed by atoms with Crippen molar-refractivity contribution < 1.29 is 59.0 Å². The van der Waals surface area contributed by atoms with Crippen molar-refractivity contribution in [2.45, 2.75) is 29.5 Å². The first-order valence-corrected chi connectivity index (χ1v) is 12.4. The third kappa shape index (κ3) is 5.56. The van der Waals surface area contributed by atoms with Crippen molar-refractivity contribution >= 4 is 58.6 Å². The molecule has 5 N–H and O–H groups in total. The second kappa shape index (κ2) is 11.1. The number of thiazole rings is 1. The van der Waals surface area contributed by atoms with Gasteiger partial charge in [0.15, 0.2) is 0 Å². The fourth-order valence-electron chi connectivity index (χ4n) is 3.34. The van der Waals surface area contributed by atoms with Gasteiger partial charge in [-0.15, -0.1) is 28.2 Å². The predicted octanol–water partition coefficient (Wildman–Crippen LogP) is -6.52. The Hall–Kier alpha value is -2.38. The van der Waals surface area contributed by atoms with Crippen LogP contribution in [0.4, 0.5) is 0 Å². The van der Waals surface area contributed by atoms with Crippen molar-refractivity contribution in [2.75, 3.05) is 11.5 Å². The van der Waals surface area contributed by atoms with E-state index in [9.17, 15) is 29.5 Å². The molecule has 2 aromatic rings. The number of nitrogens with zero attached hydrogens (tertiary/aromatic N) is 6. The first kappa shape index (κ1) is 27.2. The van der Waals surface area contributed by atoms with Crippen LogP contribution in [0.5, 0.6) is 0 Å². The summed E-state index contributed by atoms with van der Waals surface area (Å²) in [5.74, 6) is -2.97. The van der Waals surface area contributed by atoms with E-state index in [4.69, 9.17) is 11.1 Å². The van der Waals surface area contributed by atoms with Crippen molar-refractivity contribution in [3.05, 3.63) is 27.1 Å². The van der Waals surface area contributed by atoms with Crippen LogP contribution in [0.25, 0.3) is 0 Å². The Labute approximate surface area is 230 Å². The van der Waals surface area contributed by atoms with Crippen molar-refractivity contribution in [1.82, 2.24) is 35.2 Å². The third-order valence-corrected chi connectivity index (χ3v) is 8.02. The van der Waals surface area contributed by atoms with Crippen LogP contribution >= 0.6 is 34.9 Å². The first-order valence-electron chi connectivity index (χ1n) is 9.45. The van der Waals surface area contributed by atoms with Gasteiger partial charge in [-0.25, -0.2) is 4.68 Å². The minimum absolute atomic E-state index is 0. The number of hydrogen-bond acceptors (Lipinski definition) is 13. The van der Waals surface area contributed by atoms with Crippen LogP contribution < -0.4 is 50.5 Å². The second-order valence-electron chi connectivity index (χ2n) is 7.09. The molecule has 0 aromatic carbocycles. The number of nitrogens with one attached hydrogen (secondary N) is 2. The topological polar surface area (TPSA) is 225 Å². The summed E-state index contributed by atoms with van der Waals surface area (Å²) in [5.41, 5.74) is 5.48. The van der Waals surface area contributed by atoms with Crippen LogP contribution in [0.15, 0.2) is 21.8 Å². The molecule has 0 aliphatic carbocycles. The third-order valence-electron chi connectivity index (χ3n) is 4.85. The molecule has 0 bridgehead atoms. The van der Waals surface area contributed by atoms with E-state index in [-0.39, 0.29) is 75.4 Å². The summed E-state index contributed by atoms with van der Waals surface area (Å²) in [7, 11) is 0. The second-order valence-corrected chi connectivity index (χ2v) is 10.00. The zero-order chi connectivity index (χ0) is 24.6. The predicted molar refractivity (Wildman–Crippen MR) is 114 cm³/mol. The summed E-state index contributed by atoms with van der Waals surface area (Å²) in [5, 5.41) is 43.6.